The molecule has 0 saturated carbocycles. The number of nitrogens with one attached hydrogen (secondary N) is 1. The summed E-state index contributed by atoms with van der Waals surface area (Å²) in [4.78, 5) is 16.2. The molecule has 0 aliphatic heterocycles. The van der Waals surface area contributed by atoms with Crippen molar-refractivity contribution in [3.8, 4) is 0 Å². The molecule has 0 saturated heterocycles. The van der Waals surface area contributed by atoms with E-state index in [-0.39, 0.29) is 10.7 Å². The van der Waals surface area contributed by atoms with Gasteiger partial charge in [0, 0.05) is 4.47 Å². The molecule has 3 nitrogen and oxygen atoms in total. The van der Waals surface area contributed by atoms with Crippen molar-refractivity contribution in [2.24, 2.45) is 0 Å². The van der Waals surface area contributed by atoms with E-state index in [4.69, 9.17) is 11.6 Å². The molecule has 1 amide bonds. The van der Waals surface area contributed by atoms with E-state index in [9.17, 15) is 4.79 Å². The van der Waals surface area contributed by atoms with Crippen molar-refractivity contribution in [3.63, 3.8) is 0 Å². The van der Waals surface area contributed by atoms with Gasteiger partial charge in [0.2, 0.25) is 5.91 Å². The number of hydrogen-bond donors (Lipinski definition) is 1. The summed E-state index contributed by atoms with van der Waals surface area (Å²) in [6.45, 7) is 2.10. The maximum Gasteiger partial charge on any atom is 0.239 e. The zero-order chi connectivity index (χ0) is 14.7. The number of amides is 1. The van der Waals surface area contributed by atoms with Crippen LogP contribution >= 0.6 is 54.8 Å². The van der Waals surface area contributed by atoms with Crippen LogP contribution in [0.3, 0.4) is 0 Å². The molecule has 2 aromatic rings. The Morgan fingerprint density at radius 2 is 2.30 bits per heavy atom. The Labute approximate surface area is 143 Å². The average molecular weight is 441 g/mol. The Morgan fingerprint density at radius 3 is 3.00 bits per heavy atom. The third kappa shape index (κ3) is 3.93. The van der Waals surface area contributed by atoms with E-state index in [0.29, 0.717) is 10.2 Å². The van der Waals surface area contributed by atoms with E-state index in [1.165, 1.54) is 11.3 Å². The topological polar surface area (TPSA) is 42.0 Å². The predicted octanol–water partition coefficient (Wildman–Crippen LogP) is 5.60. The summed E-state index contributed by atoms with van der Waals surface area (Å²) in [5, 5.41) is 3.99. The Bertz CT molecular complexity index is 632. The number of unbranched alkanes of at least 4 members (excludes halogenated alkanes) is 1. The lowest BCUT2D eigenvalue weighted by molar-refractivity contribution is -0.115. The second-order valence-electron chi connectivity index (χ2n) is 4.35. The SMILES string of the molecule is CCCC[C@H](Br)C(=O)Nc1nc2c(Cl)cc(Br)cc2s1. The molecule has 7 heteroatoms. The first-order valence-electron chi connectivity index (χ1n) is 6.21. The maximum absolute atomic E-state index is 12.0. The number of anilines is 1. The number of fused-ring (bicyclic) bond motifs is 1. The highest BCUT2D eigenvalue weighted by atomic mass is 79.9. The molecule has 108 valence electrons. The predicted molar refractivity (Wildman–Crippen MR) is 93.2 cm³/mol. The van der Waals surface area contributed by atoms with E-state index < -0.39 is 0 Å². The number of carbonyl (C=O) groups is 1. The minimum absolute atomic E-state index is 0.0623. The first-order chi connectivity index (χ1) is 9.51. The number of benzene rings is 1. The second-order valence-corrected chi connectivity index (χ2v) is 7.81. The summed E-state index contributed by atoms with van der Waals surface area (Å²) in [7, 11) is 0. The molecule has 0 fully saturated rings. The Kier molecular flexibility index (Phi) is 5.84. The van der Waals surface area contributed by atoms with Gasteiger partial charge in [-0.05, 0) is 18.6 Å². The summed E-state index contributed by atoms with van der Waals surface area (Å²) in [6.07, 6.45) is 2.90. The zero-order valence-electron chi connectivity index (χ0n) is 10.8. The highest BCUT2D eigenvalue weighted by Gasteiger charge is 2.16. The van der Waals surface area contributed by atoms with Gasteiger partial charge in [0.1, 0.15) is 5.52 Å². The third-order valence-electron chi connectivity index (χ3n) is 2.74. The number of halogens is 3. The monoisotopic (exact) mass is 438 g/mol. The molecule has 0 aliphatic carbocycles. The molecule has 1 heterocycles. The van der Waals surface area contributed by atoms with Gasteiger partial charge in [-0.2, -0.15) is 0 Å². The molecule has 2 rings (SSSR count). The van der Waals surface area contributed by atoms with Crippen LogP contribution in [-0.4, -0.2) is 15.7 Å². The van der Waals surface area contributed by atoms with Crippen LogP contribution in [0.15, 0.2) is 16.6 Å². The molecule has 0 radical (unpaired) electrons. The maximum atomic E-state index is 12.0. The number of alkyl halides is 1. The van der Waals surface area contributed by atoms with Gasteiger partial charge < -0.3 is 5.32 Å². The number of thiazole rings is 1. The van der Waals surface area contributed by atoms with Gasteiger partial charge in [-0.1, -0.05) is 74.6 Å². The van der Waals surface area contributed by atoms with Crippen LogP contribution in [0, 0.1) is 0 Å². The van der Waals surface area contributed by atoms with Crippen molar-refractivity contribution in [3.05, 3.63) is 21.6 Å². The molecular weight excluding hydrogens is 427 g/mol. The standard InChI is InChI=1S/C13H13Br2ClN2OS/c1-2-3-4-8(15)12(19)18-13-17-11-9(16)5-7(14)6-10(11)20-13/h5-6,8H,2-4H2,1H3,(H,17,18,19)/t8-/m0/s1. The Morgan fingerprint density at radius 1 is 1.55 bits per heavy atom. The highest BCUT2D eigenvalue weighted by molar-refractivity contribution is 9.10. The summed E-state index contributed by atoms with van der Waals surface area (Å²) in [6, 6.07) is 3.74. The van der Waals surface area contributed by atoms with Crippen molar-refractivity contribution in [2.45, 2.75) is 31.0 Å². The fourth-order valence-corrected chi connectivity index (χ4v) is 4.14. The summed E-state index contributed by atoms with van der Waals surface area (Å²) < 4.78 is 1.84. The van der Waals surface area contributed by atoms with Crippen molar-refractivity contribution < 1.29 is 4.79 Å². The van der Waals surface area contributed by atoms with Crippen LogP contribution in [0.2, 0.25) is 5.02 Å². The molecule has 1 aromatic carbocycles. The fraction of sp³-hybridized carbons (Fsp3) is 0.385. The number of rotatable bonds is 5. The van der Waals surface area contributed by atoms with Crippen LogP contribution in [0.4, 0.5) is 5.13 Å². The molecular formula is C13H13Br2ClN2OS. The Hall–Kier alpha value is -0.170. The van der Waals surface area contributed by atoms with Crippen molar-refractivity contribution in [1.29, 1.82) is 0 Å². The molecule has 0 aliphatic rings. The van der Waals surface area contributed by atoms with E-state index >= 15 is 0 Å². The van der Waals surface area contributed by atoms with Crippen LogP contribution in [0.5, 0.6) is 0 Å². The number of aromatic nitrogens is 1. The van der Waals surface area contributed by atoms with Crippen molar-refractivity contribution in [1.82, 2.24) is 4.98 Å². The second kappa shape index (κ2) is 7.20. The van der Waals surface area contributed by atoms with Gasteiger partial charge in [-0.25, -0.2) is 4.98 Å². The van der Waals surface area contributed by atoms with E-state index in [1.807, 2.05) is 6.07 Å². The van der Waals surface area contributed by atoms with Gasteiger partial charge in [0.25, 0.3) is 0 Å². The summed E-state index contributed by atoms with van der Waals surface area (Å²) >= 11 is 14.3. The fourth-order valence-electron chi connectivity index (χ4n) is 1.71. The minimum Gasteiger partial charge on any atom is -0.301 e. The normalized spacial score (nSPS) is 12.6. The molecule has 1 atom stereocenters. The van der Waals surface area contributed by atoms with Crippen LogP contribution in [0.1, 0.15) is 26.2 Å². The molecule has 20 heavy (non-hydrogen) atoms. The third-order valence-corrected chi connectivity index (χ3v) is 5.28. The lowest BCUT2D eigenvalue weighted by atomic mass is 10.2. The van der Waals surface area contributed by atoms with Gasteiger partial charge in [0.15, 0.2) is 5.13 Å². The molecule has 0 spiro atoms. The van der Waals surface area contributed by atoms with Crippen molar-refractivity contribution >= 4 is 76.1 Å². The molecule has 1 N–H and O–H groups in total. The quantitative estimate of drug-likeness (QED) is 0.615. The van der Waals surface area contributed by atoms with Gasteiger partial charge >= 0.3 is 0 Å². The number of carbonyl (C=O) groups excluding carboxylic acids is 1. The lowest BCUT2D eigenvalue weighted by Gasteiger charge is -2.07. The number of hydrogen-bond acceptors (Lipinski definition) is 3. The Balaban J connectivity index is 2.14. The average Bonchev–Trinajstić information content (AvgIpc) is 2.78. The molecule has 1 aromatic heterocycles. The first kappa shape index (κ1) is 16.2. The zero-order valence-corrected chi connectivity index (χ0v) is 15.5. The highest BCUT2D eigenvalue weighted by Crippen LogP contribution is 2.34. The molecule has 0 unspecified atom stereocenters. The first-order valence-corrected chi connectivity index (χ1v) is 9.12. The van der Waals surface area contributed by atoms with Crippen LogP contribution in [0.25, 0.3) is 10.2 Å². The van der Waals surface area contributed by atoms with Crippen LogP contribution < -0.4 is 5.32 Å². The van der Waals surface area contributed by atoms with Gasteiger partial charge in [0.05, 0.1) is 14.5 Å². The van der Waals surface area contributed by atoms with Gasteiger partial charge in [-0.15, -0.1) is 0 Å². The molecule has 0 bridgehead atoms. The van der Waals surface area contributed by atoms with Crippen LogP contribution in [-0.2, 0) is 4.79 Å². The van der Waals surface area contributed by atoms with E-state index in [2.05, 4.69) is 49.1 Å². The van der Waals surface area contributed by atoms with Crippen molar-refractivity contribution in [2.75, 3.05) is 5.32 Å². The summed E-state index contributed by atoms with van der Waals surface area (Å²) in [5.41, 5.74) is 0.717. The van der Waals surface area contributed by atoms with E-state index in [0.717, 1.165) is 34.0 Å². The number of nitrogens with zero attached hydrogens (tertiary/aromatic N) is 1. The smallest absolute Gasteiger partial charge is 0.239 e. The largest absolute Gasteiger partial charge is 0.301 e. The summed E-state index contributed by atoms with van der Waals surface area (Å²) in [5.74, 6) is -0.0623. The van der Waals surface area contributed by atoms with Gasteiger partial charge in [-0.3, -0.25) is 4.79 Å². The lowest BCUT2D eigenvalue weighted by Crippen LogP contribution is -2.22. The van der Waals surface area contributed by atoms with E-state index in [1.54, 1.807) is 6.07 Å². The minimum atomic E-state index is -0.184.